The van der Waals surface area contributed by atoms with Gasteiger partial charge in [-0.2, -0.15) is 13.2 Å². The molecule has 0 bridgehead atoms. The Labute approximate surface area is 66.0 Å². The predicted molar refractivity (Wildman–Crippen MR) is 33.9 cm³/mol. The molecule has 68 valence electrons. The molecule has 3 nitrogen and oxygen atoms in total. The smallest absolute Gasteiger partial charge is 0.259 e. The predicted octanol–water partition coefficient (Wildman–Crippen LogP) is 2.12. The highest BCUT2D eigenvalue weighted by Gasteiger charge is 2.62. The molecule has 0 atom stereocenters. The summed E-state index contributed by atoms with van der Waals surface area (Å²) in [5, 5.41) is 9.75. The summed E-state index contributed by atoms with van der Waals surface area (Å²) in [6.07, 6.45) is -3.44. The zero-order chi connectivity index (χ0) is 9.41. The largest absolute Gasteiger partial charge is 0.398 e. The number of halogens is 3. The summed E-state index contributed by atoms with van der Waals surface area (Å²) in [4.78, 5) is 8.87. The first-order chi connectivity index (χ1) is 5.37. The van der Waals surface area contributed by atoms with Gasteiger partial charge in [-0.15, -0.1) is 0 Å². The van der Waals surface area contributed by atoms with Crippen LogP contribution in [0.2, 0.25) is 0 Å². The van der Waals surface area contributed by atoms with Gasteiger partial charge >= 0.3 is 6.18 Å². The lowest BCUT2D eigenvalue weighted by atomic mass is 10.1. The summed E-state index contributed by atoms with van der Waals surface area (Å²) in [6.45, 7) is 0. The molecule has 1 rings (SSSR count). The quantitative estimate of drug-likeness (QED) is 0.483. The Hall–Kier alpha value is -1.07. The molecule has 6 heteroatoms. The highest BCUT2D eigenvalue weighted by atomic mass is 19.4. The molecule has 0 amide bonds. The molecular weight excluding hydrogens is 175 g/mol. The fourth-order valence-electron chi connectivity index (χ4n) is 0.883. The summed E-state index contributed by atoms with van der Waals surface area (Å²) in [7, 11) is 0. The van der Waals surface area contributed by atoms with Crippen molar-refractivity contribution in [1.82, 2.24) is 0 Å². The molecule has 0 aromatic heterocycles. The minimum absolute atomic E-state index is 0.0408. The number of nitro groups is 1. The molecule has 0 saturated heterocycles. The van der Waals surface area contributed by atoms with Crippen molar-refractivity contribution in [3.63, 3.8) is 0 Å². The third kappa shape index (κ3) is 1.57. The lowest BCUT2D eigenvalue weighted by Crippen LogP contribution is -2.22. The van der Waals surface area contributed by atoms with Crippen molar-refractivity contribution in [1.29, 1.82) is 0 Å². The van der Waals surface area contributed by atoms with Crippen LogP contribution in [0.1, 0.15) is 12.8 Å². The first-order valence-electron chi connectivity index (χ1n) is 3.27. The Morgan fingerprint density at radius 1 is 1.42 bits per heavy atom. The van der Waals surface area contributed by atoms with E-state index in [1.807, 2.05) is 0 Å². The van der Waals surface area contributed by atoms with Crippen molar-refractivity contribution in [2.24, 2.45) is 5.41 Å². The van der Waals surface area contributed by atoms with Crippen molar-refractivity contribution < 1.29 is 18.1 Å². The first-order valence-corrected chi connectivity index (χ1v) is 3.27. The van der Waals surface area contributed by atoms with Crippen molar-refractivity contribution >= 4 is 0 Å². The molecule has 12 heavy (non-hydrogen) atoms. The van der Waals surface area contributed by atoms with Gasteiger partial charge in [0.2, 0.25) is 6.20 Å². The summed E-state index contributed by atoms with van der Waals surface area (Å²) in [5.41, 5.74) is -1.90. The molecule has 0 aliphatic heterocycles. The summed E-state index contributed by atoms with van der Waals surface area (Å²) < 4.78 is 36.2. The van der Waals surface area contributed by atoms with E-state index in [1.54, 1.807) is 0 Å². The molecule has 0 unspecified atom stereocenters. The number of allylic oxidation sites excluding steroid dienone is 1. The van der Waals surface area contributed by atoms with Gasteiger partial charge < -0.3 is 0 Å². The van der Waals surface area contributed by atoms with Gasteiger partial charge in [0, 0.05) is 6.08 Å². The van der Waals surface area contributed by atoms with Crippen molar-refractivity contribution in [2.45, 2.75) is 19.0 Å². The highest BCUT2D eigenvalue weighted by molar-refractivity contribution is 5.11. The second-order valence-corrected chi connectivity index (χ2v) is 2.75. The minimum atomic E-state index is -4.35. The standard InChI is InChI=1S/C6H6F3NO2/c7-6(8,9)5(1-2-5)3-4-10(11)12/h3-4H,1-2H2/b4-3+. The SMILES string of the molecule is O=[N+]([O-])/C=C/C1(C(F)(F)F)CC1. The first kappa shape index (κ1) is 9.02. The summed E-state index contributed by atoms with van der Waals surface area (Å²) in [6, 6.07) is 0. The molecule has 1 aliphatic carbocycles. The number of nitrogens with zero attached hydrogens (tertiary/aromatic N) is 1. The Balaban J connectivity index is 2.69. The molecule has 1 fully saturated rings. The molecule has 0 aromatic rings. The van der Waals surface area contributed by atoms with Crippen LogP contribution in [0.3, 0.4) is 0 Å². The van der Waals surface area contributed by atoms with Crippen LogP contribution in [0.5, 0.6) is 0 Å². The second kappa shape index (κ2) is 2.46. The maximum absolute atomic E-state index is 12.1. The van der Waals surface area contributed by atoms with Gasteiger partial charge in [0.1, 0.15) is 0 Å². The maximum atomic E-state index is 12.1. The van der Waals surface area contributed by atoms with Gasteiger partial charge in [0.25, 0.3) is 0 Å². The van der Waals surface area contributed by atoms with Crippen molar-refractivity contribution in [3.8, 4) is 0 Å². The van der Waals surface area contributed by atoms with E-state index in [4.69, 9.17) is 0 Å². The number of hydrogen-bond acceptors (Lipinski definition) is 2. The molecule has 0 radical (unpaired) electrons. The van der Waals surface area contributed by atoms with E-state index in [0.717, 1.165) is 0 Å². The van der Waals surface area contributed by atoms with E-state index in [9.17, 15) is 23.3 Å². The number of alkyl halides is 3. The van der Waals surface area contributed by atoms with Gasteiger partial charge in [-0.1, -0.05) is 0 Å². The van der Waals surface area contributed by atoms with Crippen LogP contribution < -0.4 is 0 Å². The maximum Gasteiger partial charge on any atom is 0.398 e. The van der Waals surface area contributed by atoms with Crippen LogP contribution in [0.25, 0.3) is 0 Å². The Kier molecular flexibility index (Phi) is 1.85. The van der Waals surface area contributed by atoms with E-state index in [1.165, 1.54) is 0 Å². The van der Waals surface area contributed by atoms with E-state index >= 15 is 0 Å². The third-order valence-corrected chi connectivity index (χ3v) is 1.87. The molecule has 0 heterocycles. The van der Waals surface area contributed by atoms with Crippen LogP contribution in [0.15, 0.2) is 12.3 Å². The molecule has 0 N–H and O–H groups in total. The summed E-state index contributed by atoms with van der Waals surface area (Å²) in [5.74, 6) is 0. The average molecular weight is 181 g/mol. The molecule has 1 saturated carbocycles. The van der Waals surface area contributed by atoms with Gasteiger partial charge in [-0.3, -0.25) is 10.1 Å². The Bertz CT molecular complexity index is 229. The topological polar surface area (TPSA) is 43.1 Å². The highest BCUT2D eigenvalue weighted by Crippen LogP contribution is 2.58. The molecular formula is C6H6F3NO2. The van der Waals surface area contributed by atoms with Crippen LogP contribution >= 0.6 is 0 Å². The number of hydrogen-bond donors (Lipinski definition) is 0. The minimum Gasteiger partial charge on any atom is -0.259 e. The van der Waals surface area contributed by atoms with Gasteiger partial charge in [0.15, 0.2) is 0 Å². The second-order valence-electron chi connectivity index (χ2n) is 2.75. The number of rotatable bonds is 2. The van der Waals surface area contributed by atoms with Gasteiger partial charge in [-0.25, -0.2) is 0 Å². The van der Waals surface area contributed by atoms with Crippen LogP contribution in [-0.4, -0.2) is 11.1 Å². The summed E-state index contributed by atoms with van der Waals surface area (Å²) >= 11 is 0. The Morgan fingerprint density at radius 3 is 2.17 bits per heavy atom. The third-order valence-electron chi connectivity index (χ3n) is 1.87. The van der Waals surface area contributed by atoms with E-state index in [-0.39, 0.29) is 12.8 Å². The lowest BCUT2D eigenvalue weighted by Gasteiger charge is -2.12. The van der Waals surface area contributed by atoms with Crippen LogP contribution in [-0.2, 0) is 0 Å². The average Bonchev–Trinajstić information content (AvgIpc) is 2.60. The van der Waals surface area contributed by atoms with E-state index in [2.05, 4.69) is 0 Å². The fraction of sp³-hybridized carbons (Fsp3) is 0.667. The zero-order valence-electron chi connectivity index (χ0n) is 5.97. The molecule has 0 spiro atoms. The van der Waals surface area contributed by atoms with Gasteiger partial charge in [-0.05, 0) is 12.8 Å². The Morgan fingerprint density at radius 2 is 1.92 bits per heavy atom. The molecule has 0 aromatic carbocycles. The van der Waals surface area contributed by atoms with Gasteiger partial charge in [0.05, 0.1) is 10.3 Å². The van der Waals surface area contributed by atoms with E-state index in [0.29, 0.717) is 12.3 Å². The van der Waals surface area contributed by atoms with Crippen LogP contribution in [0, 0.1) is 15.5 Å². The van der Waals surface area contributed by atoms with Crippen molar-refractivity contribution in [3.05, 3.63) is 22.4 Å². The normalized spacial score (nSPS) is 21.2. The van der Waals surface area contributed by atoms with E-state index < -0.39 is 16.5 Å². The zero-order valence-corrected chi connectivity index (χ0v) is 5.97. The lowest BCUT2D eigenvalue weighted by molar-refractivity contribution is -0.403. The molecule has 1 aliphatic rings. The van der Waals surface area contributed by atoms with Crippen LogP contribution in [0.4, 0.5) is 13.2 Å². The monoisotopic (exact) mass is 181 g/mol. The fourth-order valence-corrected chi connectivity index (χ4v) is 0.883. The van der Waals surface area contributed by atoms with Crippen molar-refractivity contribution in [2.75, 3.05) is 0 Å².